The predicted octanol–water partition coefficient (Wildman–Crippen LogP) is 3.59. The van der Waals surface area contributed by atoms with Crippen molar-refractivity contribution < 1.29 is 9.84 Å². The van der Waals surface area contributed by atoms with E-state index in [9.17, 15) is 5.11 Å². The minimum Gasteiger partial charge on any atom is -0.507 e. The van der Waals surface area contributed by atoms with Gasteiger partial charge in [-0.2, -0.15) is 5.26 Å². The van der Waals surface area contributed by atoms with E-state index in [1.807, 2.05) is 6.07 Å². The minimum atomic E-state index is -0.0583. The molecule has 2 aromatic rings. The lowest BCUT2D eigenvalue weighted by atomic mass is 10.0. The first-order valence-corrected chi connectivity index (χ1v) is 5.60. The van der Waals surface area contributed by atoms with E-state index in [1.165, 1.54) is 6.07 Å². The number of methoxy groups -OCH3 is 1. The van der Waals surface area contributed by atoms with Crippen molar-refractivity contribution in [2.24, 2.45) is 0 Å². The summed E-state index contributed by atoms with van der Waals surface area (Å²) in [6.07, 6.45) is 0. The summed E-state index contributed by atoms with van der Waals surface area (Å²) in [4.78, 5) is 0. The highest BCUT2D eigenvalue weighted by molar-refractivity contribution is 6.31. The van der Waals surface area contributed by atoms with Gasteiger partial charge in [0.05, 0.1) is 12.7 Å². The maximum atomic E-state index is 9.69. The molecule has 2 aromatic carbocycles. The molecule has 3 nitrogen and oxygen atoms in total. The molecule has 1 N–H and O–H groups in total. The number of rotatable bonds is 2. The highest BCUT2D eigenvalue weighted by atomic mass is 35.5. The van der Waals surface area contributed by atoms with Crippen molar-refractivity contribution >= 4 is 11.6 Å². The quantitative estimate of drug-likeness (QED) is 0.897. The van der Waals surface area contributed by atoms with E-state index >= 15 is 0 Å². The molecular formula is C14H10ClNO2. The number of nitriles is 1. The fraction of sp³-hybridized carbons (Fsp3) is 0.0714. The zero-order valence-corrected chi connectivity index (χ0v) is 10.4. The van der Waals surface area contributed by atoms with Gasteiger partial charge in [0.25, 0.3) is 0 Å². The summed E-state index contributed by atoms with van der Waals surface area (Å²) >= 11 is 5.95. The van der Waals surface area contributed by atoms with Crippen LogP contribution in [-0.4, -0.2) is 12.2 Å². The number of halogens is 1. The lowest BCUT2D eigenvalue weighted by molar-refractivity contribution is 0.416. The molecule has 0 spiro atoms. The molecule has 0 fully saturated rings. The molecule has 0 aliphatic rings. The highest BCUT2D eigenvalue weighted by Gasteiger charge is 2.09. The minimum absolute atomic E-state index is 0.0583. The lowest BCUT2D eigenvalue weighted by Crippen LogP contribution is -1.88. The van der Waals surface area contributed by atoms with Crippen LogP contribution in [0.15, 0.2) is 36.4 Å². The van der Waals surface area contributed by atoms with Gasteiger partial charge in [-0.05, 0) is 35.9 Å². The van der Waals surface area contributed by atoms with Crippen LogP contribution in [0.1, 0.15) is 5.56 Å². The molecule has 0 aliphatic heterocycles. The average Bonchev–Trinajstić information content (AvgIpc) is 2.38. The van der Waals surface area contributed by atoms with Gasteiger partial charge in [-0.25, -0.2) is 0 Å². The summed E-state index contributed by atoms with van der Waals surface area (Å²) in [6.45, 7) is 0. The third-order valence-corrected chi connectivity index (χ3v) is 2.83. The molecule has 0 saturated heterocycles. The number of phenolic OH excluding ortho intramolecular Hbond substituents is 1. The zero-order chi connectivity index (χ0) is 13.1. The largest absolute Gasteiger partial charge is 0.507 e. The molecule has 0 saturated carbocycles. The first-order valence-electron chi connectivity index (χ1n) is 5.22. The highest BCUT2D eigenvalue weighted by Crippen LogP contribution is 2.34. The van der Waals surface area contributed by atoms with Gasteiger partial charge in [-0.1, -0.05) is 17.7 Å². The Balaban J connectivity index is 2.58. The van der Waals surface area contributed by atoms with Crippen LogP contribution >= 0.6 is 11.6 Å². The van der Waals surface area contributed by atoms with Gasteiger partial charge in [0.2, 0.25) is 0 Å². The number of aromatic hydroxyl groups is 1. The van der Waals surface area contributed by atoms with Gasteiger partial charge in [0, 0.05) is 10.6 Å². The third-order valence-electron chi connectivity index (χ3n) is 2.59. The maximum absolute atomic E-state index is 9.69. The second kappa shape index (κ2) is 4.99. The molecule has 0 aliphatic carbocycles. The summed E-state index contributed by atoms with van der Waals surface area (Å²) in [5, 5.41) is 19.0. The lowest BCUT2D eigenvalue weighted by Gasteiger charge is -2.09. The topological polar surface area (TPSA) is 53.2 Å². The van der Waals surface area contributed by atoms with Gasteiger partial charge in [-0.3, -0.25) is 0 Å². The Hall–Kier alpha value is -2.18. The number of hydrogen-bond donors (Lipinski definition) is 1. The van der Waals surface area contributed by atoms with Crippen LogP contribution in [-0.2, 0) is 0 Å². The molecule has 4 heteroatoms. The van der Waals surface area contributed by atoms with Crippen LogP contribution in [0.4, 0.5) is 0 Å². The van der Waals surface area contributed by atoms with Gasteiger partial charge >= 0.3 is 0 Å². The normalized spacial score (nSPS) is 9.83. The van der Waals surface area contributed by atoms with Crippen molar-refractivity contribution in [2.75, 3.05) is 7.11 Å². The third kappa shape index (κ3) is 2.24. The fourth-order valence-corrected chi connectivity index (χ4v) is 1.87. The second-order valence-electron chi connectivity index (χ2n) is 3.69. The summed E-state index contributed by atoms with van der Waals surface area (Å²) in [5.41, 5.74) is 1.75. The molecule has 0 unspecified atom stereocenters. The molecule has 90 valence electrons. The number of phenols is 1. The Kier molecular flexibility index (Phi) is 3.40. The van der Waals surface area contributed by atoms with Crippen molar-refractivity contribution in [1.29, 1.82) is 5.26 Å². The van der Waals surface area contributed by atoms with E-state index in [1.54, 1.807) is 37.4 Å². The van der Waals surface area contributed by atoms with Gasteiger partial charge in [0.15, 0.2) is 0 Å². The van der Waals surface area contributed by atoms with Crippen molar-refractivity contribution in [3.8, 4) is 28.7 Å². The van der Waals surface area contributed by atoms with E-state index in [4.69, 9.17) is 21.6 Å². The number of hydrogen-bond acceptors (Lipinski definition) is 3. The first kappa shape index (κ1) is 12.3. The van der Waals surface area contributed by atoms with Crippen molar-refractivity contribution in [1.82, 2.24) is 0 Å². The summed E-state index contributed by atoms with van der Waals surface area (Å²) in [6, 6.07) is 12.0. The number of benzene rings is 2. The van der Waals surface area contributed by atoms with Crippen LogP contribution in [0.3, 0.4) is 0 Å². The Morgan fingerprint density at radius 3 is 2.61 bits per heavy atom. The van der Waals surface area contributed by atoms with Crippen LogP contribution in [0, 0.1) is 11.3 Å². The standard InChI is InChI=1S/C14H10ClNO2/c1-18-14-5-4-11(15)7-12(14)9-2-3-10(8-16)13(17)6-9/h2-7,17H,1H3. The molecule has 0 bridgehead atoms. The number of ether oxygens (including phenoxy) is 1. The van der Waals surface area contributed by atoms with Gasteiger partial charge in [-0.15, -0.1) is 0 Å². The molecule has 2 rings (SSSR count). The van der Waals surface area contributed by atoms with Gasteiger partial charge < -0.3 is 9.84 Å². The summed E-state index contributed by atoms with van der Waals surface area (Å²) < 4.78 is 5.25. The monoisotopic (exact) mass is 259 g/mol. The van der Waals surface area contributed by atoms with Crippen molar-refractivity contribution in [3.05, 3.63) is 47.0 Å². The molecule has 0 radical (unpaired) electrons. The van der Waals surface area contributed by atoms with E-state index in [0.717, 1.165) is 11.1 Å². The molecule has 0 amide bonds. The molecule has 18 heavy (non-hydrogen) atoms. The van der Waals surface area contributed by atoms with Crippen molar-refractivity contribution in [3.63, 3.8) is 0 Å². The molecular weight excluding hydrogens is 250 g/mol. The van der Waals surface area contributed by atoms with Crippen LogP contribution in [0.5, 0.6) is 11.5 Å². The van der Waals surface area contributed by atoms with E-state index in [2.05, 4.69) is 0 Å². The van der Waals surface area contributed by atoms with Crippen LogP contribution in [0.2, 0.25) is 5.02 Å². The Morgan fingerprint density at radius 2 is 2.00 bits per heavy atom. The van der Waals surface area contributed by atoms with Gasteiger partial charge in [0.1, 0.15) is 17.6 Å². The van der Waals surface area contributed by atoms with E-state index in [-0.39, 0.29) is 11.3 Å². The SMILES string of the molecule is COc1ccc(Cl)cc1-c1ccc(C#N)c(O)c1. The smallest absolute Gasteiger partial charge is 0.133 e. The molecule has 0 atom stereocenters. The Morgan fingerprint density at radius 1 is 1.22 bits per heavy atom. The predicted molar refractivity (Wildman–Crippen MR) is 69.8 cm³/mol. The first-order chi connectivity index (χ1) is 8.65. The summed E-state index contributed by atoms with van der Waals surface area (Å²) in [7, 11) is 1.57. The molecule has 0 aromatic heterocycles. The molecule has 0 heterocycles. The van der Waals surface area contributed by atoms with Crippen LogP contribution in [0.25, 0.3) is 11.1 Å². The summed E-state index contributed by atoms with van der Waals surface area (Å²) in [5.74, 6) is 0.598. The van der Waals surface area contributed by atoms with Crippen LogP contribution < -0.4 is 4.74 Å². The Labute approximate surface area is 110 Å². The average molecular weight is 260 g/mol. The zero-order valence-electron chi connectivity index (χ0n) is 9.64. The van der Waals surface area contributed by atoms with E-state index in [0.29, 0.717) is 10.8 Å². The maximum Gasteiger partial charge on any atom is 0.133 e. The second-order valence-corrected chi connectivity index (χ2v) is 4.12. The Bertz CT molecular complexity index is 632. The van der Waals surface area contributed by atoms with E-state index < -0.39 is 0 Å². The fourth-order valence-electron chi connectivity index (χ4n) is 1.70. The van der Waals surface area contributed by atoms with Crippen molar-refractivity contribution in [2.45, 2.75) is 0 Å². The number of nitrogens with zero attached hydrogens (tertiary/aromatic N) is 1.